The van der Waals surface area contributed by atoms with Gasteiger partial charge in [-0.1, -0.05) is 26.0 Å². The van der Waals surface area contributed by atoms with Gasteiger partial charge in [0, 0.05) is 18.8 Å². The van der Waals surface area contributed by atoms with Gasteiger partial charge in [0.1, 0.15) is 0 Å². The highest BCUT2D eigenvalue weighted by Crippen LogP contribution is 2.23. The molecular weight excluding hydrogens is 396 g/mol. The van der Waals surface area contributed by atoms with Gasteiger partial charge >= 0.3 is 0 Å². The molecule has 154 valence electrons. The van der Waals surface area contributed by atoms with E-state index in [1.807, 2.05) is 12.1 Å². The van der Waals surface area contributed by atoms with Gasteiger partial charge in [0.15, 0.2) is 0 Å². The van der Waals surface area contributed by atoms with Crippen LogP contribution < -0.4 is 4.72 Å². The molecule has 0 bridgehead atoms. The minimum atomic E-state index is -3.75. The van der Waals surface area contributed by atoms with Crippen LogP contribution in [-0.2, 0) is 20.0 Å². The molecule has 0 aromatic heterocycles. The molecule has 8 heteroatoms. The Balaban J connectivity index is 2.21. The highest BCUT2D eigenvalue weighted by Gasteiger charge is 2.23. The normalized spacial score (nSPS) is 13.7. The van der Waals surface area contributed by atoms with Crippen LogP contribution in [0.15, 0.2) is 58.3 Å². The van der Waals surface area contributed by atoms with Gasteiger partial charge in [-0.2, -0.15) is 4.31 Å². The molecular formula is C20H28N2O4S2. The zero-order chi connectivity index (χ0) is 21.1. The van der Waals surface area contributed by atoms with Gasteiger partial charge in [0.25, 0.3) is 10.0 Å². The lowest BCUT2D eigenvalue weighted by molar-refractivity contribution is 0.410. The number of hydrogen-bond acceptors (Lipinski definition) is 4. The van der Waals surface area contributed by atoms with E-state index in [0.717, 1.165) is 12.0 Å². The molecule has 1 N–H and O–H groups in total. The molecule has 2 aromatic rings. The first kappa shape index (κ1) is 22.4. The van der Waals surface area contributed by atoms with Crippen molar-refractivity contribution in [1.82, 2.24) is 4.31 Å². The second-order valence-corrected chi connectivity index (χ2v) is 10.8. The Hall–Kier alpha value is -1.90. The van der Waals surface area contributed by atoms with Crippen LogP contribution in [0.4, 0.5) is 5.69 Å². The number of benzene rings is 2. The van der Waals surface area contributed by atoms with Crippen LogP contribution >= 0.6 is 0 Å². The summed E-state index contributed by atoms with van der Waals surface area (Å²) in [6.07, 6.45) is 0.978. The zero-order valence-corrected chi connectivity index (χ0v) is 18.5. The van der Waals surface area contributed by atoms with Crippen LogP contribution in [0, 0.1) is 0 Å². The summed E-state index contributed by atoms with van der Waals surface area (Å²) < 4.78 is 53.9. The first-order valence-electron chi connectivity index (χ1n) is 9.20. The number of anilines is 1. The van der Waals surface area contributed by atoms with Gasteiger partial charge in [-0.3, -0.25) is 4.72 Å². The van der Waals surface area contributed by atoms with Crippen molar-refractivity contribution in [2.45, 2.75) is 55.9 Å². The van der Waals surface area contributed by atoms with Crippen LogP contribution in [-0.4, -0.2) is 34.2 Å². The topological polar surface area (TPSA) is 83.5 Å². The Kier molecular flexibility index (Phi) is 6.90. The lowest BCUT2D eigenvalue weighted by Crippen LogP contribution is -2.33. The van der Waals surface area contributed by atoms with E-state index in [0.29, 0.717) is 11.6 Å². The molecule has 2 aromatic carbocycles. The van der Waals surface area contributed by atoms with Crippen molar-refractivity contribution >= 4 is 25.7 Å². The minimum Gasteiger partial charge on any atom is -0.280 e. The number of sulfonamides is 2. The van der Waals surface area contributed by atoms with Gasteiger partial charge in [-0.15, -0.1) is 0 Å². The maximum absolute atomic E-state index is 12.6. The van der Waals surface area contributed by atoms with E-state index < -0.39 is 20.0 Å². The molecule has 0 amide bonds. The summed E-state index contributed by atoms with van der Waals surface area (Å²) in [5.74, 6) is 0.364. The van der Waals surface area contributed by atoms with Crippen LogP contribution in [0.25, 0.3) is 0 Å². The van der Waals surface area contributed by atoms with Crippen LogP contribution in [0.3, 0.4) is 0 Å². The average Bonchev–Trinajstić information content (AvgIpc) is 2.66. The summed E-state index contributed by atoms with van der Waals surface area (Å²) in [5.41, 5.74) is 1.39. The van der Waals surface area contributed by atoms with Gasteiger partial charge < -0.3 is 0 Å². The lowest BCUT2D eigenvalue weighted by atomic mass is 9.99. The zero-order valence-electron chi connectivity index (χ0n) is 16.9. The predicted octanol–water partition coefficient (Wildman–Crippen LogP) is 4.03. The number of nitrogens with zero attached hydrogens (tertiary/aromatic N) is 1. The molecule has 0 aliphatic carbocycles. The fourth-order valence-corrected chi connectivity index (χ4v) is 4.99. The van der Waals surface area contributed by atoms with E-state index in [2.05, 4.69) is 18.6 Å². The van der Waals surface area contributed by atoms with Crippen LogP contribution in [0.2, 0.25) is 0 Å². The summed E-state index contributed by atoms with van der Waals surface area (Å²) in [5, 5.41) is 0. The Bertz CT molecular complexity index is 997. The smallest absolute Gasteiger partial charge is 0.261 e. The monoisotopic (exact) mass is 424 g/mol. The summed E-state index contributed by atoms with van der Waals surface area (Å²) >= 11 is 0. The number of rotatable bonds is 8. The Morgan fingerprint density at radius 1 is 0.857 bits per heavy atom. The minimum absolute atomic E-state index is 0.115. The fraction of sp³-hybridized carbons (Fsp3) is 0.400. The van der Waals surface area contributed by atoms with Crippen molar-refractivity contribution in [3.8, 4) is 0 Å². The molecule has 2 rings (SSSR count). The maximum atomic E-state index is 12.6. The summed E-state index contributed by atoms with van der Waals surface area (Å²) in [4.78, 5) is 0.278. The number of nitrogens with one attached hydrogen (secondary N) is 1. The first-order chi connectivity index (χ1) is 13.0. The third-order valence-electron chi connectivity index (χ3n) is 4.88. The molecule has 28 heavy (non-hydrogen) atoms. The summed E-state index contributed by atoms with van der Waals surface area (Å²) in [7, 11) is -5.85. The molecule has 0 unspecified atom stereocenters. The quantitative estimate of drug-likeness (QED) is 0.693. The van der Waals surface area contributed by atoms with Gasteiger partial charge in [-0.25, -0.2) is 16.8 Å². The second kappa shape index (κ2) is 8.63. The van der Waals surface area contributed by atoms with E-state index in [-0.39, 0.29) is 15.8 Å². The Labute approximate surface area is 168 Å². The summed E-state index contributed by atoms with van der Waals surface area (Å²) in [6.45, 7) is 7.74. The third-order valence-corrected chi connectivity index (χ3v) is 8.33. The molecule has 0 saturated heterocycles. The molecule has 0 fully saturated rings. The number of hydrogen-bond donors (Lipinski definition) is 1. The van der Waals surface area contributed by atoms with Gasteiger partial charge in [0.05, 0.1) is 9.79 Å². The van der Waals surface area contributed by atoms with Crippen molar-refractivity contribution in [2.24, 2.45) is 0 Å². The Morgan fingerprint density at radius 2 is 1.36 bits per heavy atom. The molecule has 0 aliphatic heterocycles. The van der Waals surface area contributed by atoms with E-state index in [1.165, 1.54) is 35.6 Å². The third kappa shape index (κ3) is 4.92. The standard InChI is InChI=1S/C20H28N2O4S2/c1-6-16(4)17-7-11-19(12-8-17)27(23,24)21-18-9-13-20(14-10-18)28(25,26)22(5)15(2)3/h7-16,21H,6H2,1-5H3/t16-/m1/s1. The molecule has 0 saturated carbocycles. The Morgan fingerprint density at radius 3 is 1.82 bits per heavy atom. The molecule has 0 aliphatic rings. The largest absolute Gasteiger partial charge is 0.280 e. The van der Waals surface area contributed by atoms with Gasteiger partial charge in [-0.05, 0) is 68.1 Å². The molecule has 6 nitrogen and oxygen atoms in total. The van der Waals surface area contributed by atoms with Gasteiger partial charge in [0.2, 0.25) is 10.0 Å². The lowest BCUT2D eigenvalue weighted by Gasteiger charge is -2.21. The highest BCUT2D eigenvalue weighted by molar-refractivity contribution is 7.92. The molecule has 0 spiro atoms. The van der Waals surface area contributed by atoms with E-state index >= 15 is 0 Å². The molecule has 1 atom stereocenters. The second-order valence-electron chi connectivity index (χ2n) is 7.12. The first-order valence-corrected chi connectivity index (χ1v) is 12.1. The summed E-state index contributed by atoms with van der Waals surface area (Å²) in [6, 6.07) is 12.3. The van der Waals surface area contributed by atoms with E-state index in [4.69, 9.17) is 0 Å². The van der Waals surface area contributed by atoms with Crippen molar-refractivity contribution < 1.29 is 16.8 Å². The predicted molar refractivity (Wildman–Crippen MR) is 112 cm³/mol. The van der Waals surface area contributed by atoms with Crippen LogP contribution in [0.1, 0.15) is 45.6 Å². The van der Waals surface area contributed by atoms with Crippen molar-refractivity contribution in [1.29, 1.82) is 0 Å². The van der Waals surface area contributed by atoms with Crippen LogP contribution in [0.5, 0.6) is 0 Å². The average molecular weight is 425 g/mol. The highest BCUT2D eigenvalue weighted by atomic mass is 32.2. The SMILES string of the molecule is CC[C@@H](C)c1ccc(S(=O)(=O)Nc2ccc(S(=O)(=O)N(C)C(C)C)cc2)cc1. The van der Waals surface area contributed by atoms with Crippen molar-refractivity contribution in [2.75, 3.05) is 11.8 Å². The molecule has 0 radical (unpaired) electrons. The van der Waals surface area contributed by atoms with E-state index in [9.17, 15) is 16.8 Å². The van der Waals surface area contributed by atoms with Crippen molar-refractivity contribution in [3.05, 3.63) is 54.1 Å². The van der Waals surface area contributed by atoms with E-state index in [1.54, 1.807) is 26.0 Å². The maximum Gasteiger partial charge on any atom is 0.261 e. The molecule has 0 heterocycles. The fourth-order valence-electron chi connectivity index (χ4n) is 2.56. The van der Waals surface area contributed by atoms with Crippen molar-refractivity contribution in [3.63, 3.8) is 0 Å².